The Labute approximate surface area is 181 Å². The minimum Gasteiger partial charge on any atom is -0.349 e. The van der Waals surface area contributed by atoms with Gasteiger partial charge in [0, 0.05) is 29.6 Å². The number of amides is 2. The van der Waals surface area contributed by atoms with E-state index >= 15 is 0 Å². The molecule has 4 nitrogen and oxygen atoms in total. The van der Waals surface area contributed by atoms with Crippen LogP contribution in [0, 0.1) is 5.92 Å². The Morgan fingerprint density at radius 2 is 1.76 bits per heavy atom. The summed E-state index contributed by atoms with van der Waals surface area (Å²) in [6.45, 7) is 3.31. The molecule has 2 aromatic carbocycles. The van der Waals surface area contributed by atoms with Gasteiger partial charge in [-0.2, -0.15) is 0 Å². The summed E-state index contributed by atoms with van der Waals surface area (Å²) in [4.78, 5) is 27.0. The topological polar surface area (TPSA) is 49.4 Å². The van der Waals surface area contributed by atoms with Gasteiger partial charge in [-0.05, 0) is 48.6 Å². The monoisotopic (exact) mass is 454 g/mol. The maximum atomic E-state index is 12.8. The standard InChI is InChI=1S/C24H27BrN2O2/c1-2-22(19-9-11-21(25)12-10-19)26-24(29)20-14-16-27(17-15-20)23(28)13-8-18-6-4-3-5-7-18/h3-13,20,22H,2,14-17H2,1H3,(H,26,29)/b13-8+. The molecule has 1 unspecified atom stereocenters. The van der Waals surface area contributed by atoms with Crippen LogP contribution in [0.5, 0.6) is 0 Å². The smallest absolute Gasteiger partial charge is 0.246 e. The Morgan fingerprint density at radius 3 is 2.38 bits per heavy atom. The highest BCUT2D eigenvalue weighted by Crippen LogP contribution is 2.23. The van der Waals surface area contributed by atoms with E-state index in [0.29, 0.717) is 25.9 Å². The van der Waals surface area contributed by atoms with E-state index in [4.69, 9.17) is 0 Å². The number of hydrogen-bond donors (Lipinski definition) is 1. The summed E-state index contributed by atoms with van der Waals surface area (Å²) in [5.41, 5.74) is 2.12. The molecular weight excluding hydrogens is 428 g/mol. The van der Waals surface area contributed by atoms with Gasteiger partial charge in [-0.15, -0.1) is 0 Å². The highest BCUT2D eigenvalue weighted by molar-refractivity contribution is 9.10. The van der Waals surface area contributed by atoms with Crippen molar-refractivity contribution in [3.8, 4) is 0 Å². The van der Waals surface area contributed by atoms with E-state index in [0.717, 1.165) is 22.0 Å². The fourth-order valence-corrected chi connectivity index (χ4v) is 3.87. The molecule has 0 saturated carbocycles. The molecule has 1 aliphatic rings. The van der Waals surface area contributed by atoms with Gasteiger partial charge in [0.1, 0.15) is 0 Å². The summed E-state index contributed by atoms with van der Waals surface area (Å²) >= 11 is 3.45. The van der Waals surface area contributed by atoms with Gasteiger partial charge in [0.05, 0.1) is 6.04 Å². The van der Waals surface area contributed by atoms with Crippen molar-refractivity contribution in [2.75, 3.05) is 13.1 Å². The predicted molar refractivity (Wildman–Crippen MR) is 120 cm³/mol. The summed E-state index contributed by atoms with van der Waals surface area (Å²) in [5.74, 6) is 0.0577. The maximum Gasteiger partial charge on any atom is 0.246 e. The van der Waals surface area contributed by atoms with Crippen molar-refractivity contribution in [2.24, 2.45) is 5.92 Å². The zero-order valence-electron chi connectivity index (χ0n) is 16.7. The molecule has 0 radical (unpaired) electrons. The maximum absolute atomic E-state index is 12.8. The van der Waals surface area contributed by atoms with Crippen LogP contribution in [0.3, 0.4) is 0 Å². The van der Waals surface area contributed by atoms with Crippen LogP contribution in [0.2, 0.25) is 0 Å². The highest BCUT2D eigenvalue weighted by atomic mass is 79.9. The van der Waals surface area contributed by atoms with E-state index in [2.05, 4.69) is 28.2 Å². The number of hydrogen-bond acceptors (Lipinski definition) is 2. The molecule has 5 heteroatoms. The van der Waals surface area contributed by atoms with Gasteiger partial charge in [-0.1, -0.05) is 65.3 Å². The van der Waals surface area contributed by atoms with Crippen molar-refractivity contribution in [3.05, 3.63) is 76.3 Å². The third kappa shape index (κ3) is 6.04. The number of carbonyl (C=O) groups is 2. The number of halogens is 1. The first-order valence-corrected chi connectivity index (χ1v) is 10.9. The zero-order chi connectivity index (χ0) is 20.6. The Morgan fingerprint density at radius 1 is 1.10 bits per heavy atom. The number of piperidine rings is 1. The Hall–Kier alpha value is -2.40. The first-order valence-electron chi connectivity index (χ1n) is 10.1. The van der Waals surface area contributed by atoms with Gasteiger partial charge in [-0.3, -0.25) is 9.59 Å². The molecule has 0 aliphatic carbocycles. The van der Waals surface area contributed by atoms with Crippen molar-refractivity contribution in [1.29, 1.82) is 0 Å². The molecule has 1 aliphatic heterocycles. The van der Waals surface area contributed by atoms with Gasteiger partial charge in [0.25, 0.3) is 0 Å². The average Bonchev–Trinajstić information content (AvgIpc) is 2.77. The molecule has 2 aromatic rings. The molecular formula is C24H27BrN2O2. The Balaban J connectivity index is 1.50. The Bertz CT molecular complexity index is 841. The van der Waals surface area contributed by atoms with E-state index in [9.17, 15) is 9.59 Å². The minimum absolute atomic E-state index is 0.00834. The van der Waals surface area contributed by atoms with E-state index in [1.54, 1.807) is 6.08 Å². The SMILES string of the molecule is CCC(NC(=O)C1CCN(C(=O)/C=C/c2ccccc2)CC1)c1ccc(Br)cc1. The fraction of sp³-hybridized carbons (Fsp3) is 0.333. The van der Waals surface area contributed by atoms with Crippen LogP contribution in [-0.4, -0.2) is 29.8 Å². The van der Waals surface area contributed by atoms with Crippen LogP contribution in [0.4, 0.5) is 0 Å². The fourth-order valence-electron chi connectivity index (χ4n) is 3.60. The molecule has 1 N–H and O–H groups in total. The van der Waals surface area contributed by atoms with Gasteiger partial charge < -0.3 is 10.2 Å². The molecule has 152 valence electrons. The molecule has 0 aromatic heterocycles. The lowest BCUT2D eigenvalue weighted by Gasteiger charge is -2.31. The number of benzene rings is 2. The van der Waals surface area contributed by atoms with Gasteiger partial charge in [-0.25, -0.2) is 0 Å². The number of carbonyl (C=O) groups excluding carboxylic acids is 2. The molecule has 1 heterocycles. The van der Waals surface area contributed by atoms with E-state index in [-0.39, 0.29) is 23.8 Å². The molecule has 0 bridgehead atoms. The lowest BCUT2D eigenvalue weighted by Crippen LogP contribution is -2.43. The molecule has 1 fully saturated rings. The second kappa shape index (κ2) is 10.4. The third-order valence-corrected chi connectivity index (χ3v) is 5.92. The number of nitrogens with one attached hydrogen (secondary N) is 1. The lowest BCUT2D eigenvalue weighted by atomic mass is 9.94. The highest BCUT2D eigenvalue weighted by Gasteiger charge is 2.27. The average molecular weight is 455 g/mol. The summed E-state index contributed by atoms with van der Waals surface area (Å²) in [6, 6.07) is 17.9. The lowest BCUT2D eigenvalue weighted by molar-refractivity contribution is -0.132. The number of likely N-dealkylation sites (tertiary alicyclic amines) is 1. The molecule has 29 heavy (non-hydrogen) atoms. The molecule has 0 spiro atoms. The first-order chi connectivity index (χ1) is 14.1. The van der Waals surface area contributed by atoms with Crippen LogP contribution >= 0.6 is 15.9 Å². The number of rotatable bonds is 6. The predicted octanol–water partition coefficient (Wildman–Crippen LogP) is 4.97. The number of nitrogens with zero attached hydrogens (tertiary/aromatic N) is 1. The largest absolute Gasteiger partial charge is 0.349 e. The van der Waals surface area contributed by atoms with Crippen molar-refractivity contribution in [3.63, 3.8) is 0 Å². The summed E-state index contributed by atoms with van der Waals surface area (Å²) in [7, 11) is 0. The third-order valence-electron chi connectivity index (χ3n) is 5.39. The molecule has 1 saturated heterocycles. The van der Waals surface area contributed by atoms with Crippen LogP contribution in [0.25, 0.3) is 6.08 Å². The second-order valence-electron chi connectivity index (χ2n) is 7.36. The summed E-state index contributed by atoms with van der Waals surface area (Å²) in [6.07, 6.45) is 5.71. The van der Waals surface area contributed by atoms with E-state index < -0.39 is 0 Å². The summed E-state index contributed by atoms with van der Waals surface area (Å²) < 4.78 is 1.03. The normalized spacial score (nSPS) is 16.0. The second-order valence-corrected chi connectivity index (χ2v) is 8.28. The zero-order valence-corrected chi connectivity index (χ0v) is 18.3. The van der Waals surface area contributed by atoms with E-state index in [1.165, 1.54) is 0 Å². The van der Waals surface area contributed by atoms with Crippen LogP contribution in [0.15, 0.2) is 65.1 Å². The molecule has 2 amide bonds. The van der Waals surface area contributed by atoms with Crippen LogP contribution < -0.4 is 5.32 Å². The van der Waals surface area contributed by atoms with E-state index in [1.807, 2.05) is 65.6 Å². The molecule has 3 rings (SSSR count). The van der Waals surface area contributed by atoms with Gasteiger partial charge in [0.2, 0.25) is 11.8 Å². The first kappa shape index (κ1) is 21.3. The summed E-state index contributed by atoms with van der Waals surface area (Å²) in [5, 5.41) is 3.19. The van der Waals surface area contributed by atoms with Crippen LogP contribution in [-0.2, 0) is 9.59 Å². The minimum atomic E-state index is -0.0401. The van der Waals surface area contributed by atoms with Gasteiger partial charge >= 0.3 is 0 Å². The van der Waals surface area contributed by atoms with Crippen molar-refractivity contribution >= 4 is 33.8 Å². The van der Waals surface area contributed by atoms with Crippen molar-refractivity contribution in [2.45, 2.75) is 32.2 Å². The Kier molecular flexibility index (Phi) is 7.64. The van der Waals surface area contributed by atoms with Crippen molar-refractivity contribution < 1.29 is 9.59 Å². The van der Waals surface area contributed by atoms with Crippen LogP contribution in [0.1, 0.15) is 43.4 Å². The van der Waals surface area contributed by atoms with Crippen molar-refractivity contribution in [1.82, 2.24) is 10.2 Å². The molecule has 1 atom stereocenters. The quantitative estimate of drug-likeness (QED) is 0.626. The van der Waals surface area contributed by atoms with Gasteiger partial charge in [0.15, 0.2) is 0 Å².